The van der Waals surface area contributed by atoms with Crippen LogP contribution in [0, 0.1) is 5.41 Å². The Morgan fingerprint density at radius 1 is 1.56 bits per heavy atom. The Hall–Kier alpha value is -0.0800. The van der Waals surface area contributed by atoms with E-state index in [1.54, 1.807) is 0 Å². The van der Waals surface area contributed by atoms with Gasteiger partial charge in [-0.3, -0.25) is 0 Å². The zero-order valence-electron chi connectivity index (χ0n) is 5.63. The topological polar surface area (TPSA) is 32.8 Å². The number of epoxide rings is 1. The first kappa shape index (κ1) is 5.69. The number of hydrogen-bond donors (Lipinski definition) is 1. The minimum atomic E-state index is 0.188. The standard InChI is InChI=1S/C7H12O2/c1-7(4-8)2-5-6(3-7)9-5/h5-6,8H,2-4H2,1H3/t5-,6+,7?. The van der Waals surface area contributed by atoms with Gasteiger partial charge in [-0.15, -0.1) is 0 Å². The van der Waals surface area contributed by atoms with Crippen LogP contribution in [0.5, 0.6) is 0 Å². The summed E-state index contributed by atoms with van der Waals surface area (Å²) in [6, 6.07) is 0. The van der Waals surface area contributed by atoms with E-state index >= 15 is 0 Å². The summed E-state index contributed by atoms with van der Waals surface area (Å²) in [6.07, 6.45) is 3.13. The molecule has 0 bridgehead atoms. The molecule has 2 nitrogen and oxygen atoms in total. The highest BCUT2D eigenvalue weighted by Crippen LogP contribution is 2.49. The number of rotatable bonds is 1. The molecule has 0 amide bonds. The van der Waals surface area contributed by atoms with Crippen LogP contribution in [0.15, 0.2) is 0 Å². The van der Waals surface area contributed by atoms with Gasteiger partial charge in [0, 0.05) is 6.61 Å². The van der Waals surface area contributed by atoms with Crippen LogP contribution in [0.3, 0.4) is 0 Å². The van der Waals surface area contributed by atoms with Crippen molar-refractivity contribution in [3.8, 4) is 0 Å². The van der Waals surface area contributed by atoms with Gasteiger partial charge in [0.1, 0.15) is 0 Å². The highest BCUT2D eigenvalue weighted by Gasteiger charge is 2.53. The van der Waals surface area contributed by atoms with Crippen molar-refractivity contribution in [3.63, 3.8) is 0 Å². The van der Waals surface area contributed by atoms with E-state index in [1.165, 1.54) is 0 Å². The summed E-state index contributed by atoms with van der Waals surface area (Å²) in [5.74, 6) is 0. The van der Waals surface area contributed by atoms with Gasteiger partial charge in [0.2, 0.25) is 0 Å². The molecule has 9 heavy (non-hydrogen) atoms. The van der Waals surface area contributed by atoms with Crippen molar-refractivity contribution in [2.45, 2.75) is 32.0 Å². The van der Waals surface area contributed by atoms with Crippen molar-refractivity contribution < 1.29 is 9.84 Å². The molecule has 3 atom stereocenters. The number of aliphatic hydroxyl groups excluding tert-OH is 1. The summed E-state index contributed by atoms with van der Waals surface area (Å²) in [4.78, 5) is 0. The molecule has 1 saturated heterocycles. The molecule has 1 heterocycles. The Bertz CT molecular complexity index is 123. The van der Waals surface area contributed by atoms with Crippen LogP contribution in [0.4, 0.5) is 0 Å². The van der Waals surface area contributed by atoms with Gasteiger partial charge in [0.15, 0.2) is 0 Å². The van der Waals surface area contributed by atoms with Gasteiger partial charge >= 0.3 is 0 Å². The second-order valence-electron chi connectivity index (χ2n) is 3.59. The van der Waals surface area contributed by atoms with E-state index in [1.807, 2.05) is 0 Å². The van der Waals surface area contributed by atoms with Crippen LogP contribution >= 0.6 is 0 Å². The number of fused-ring (bicyclic) bond motifs is 1. The summed E-state index contributed by atoms with van der Waals surface area (Å²) in [6.45, 7) is 2.45. The molecule has 1 aliphatic carbocycles. The van der Waals surface area contributed by atoms with Gasteiger partial charge in [-0.1, -0.05) is 6.92 Å². The van der Waals surface area contributed by atoms with Gasteiger partial charge in [-0.25, -0.2) is 0 Å². The number of ether oxygens (including phenoxy) is 1. The highest BCUT2D eigenvalue weighted by atomic mass is 16.6. The first-order chi connectivity index (χ1) is 4.23. The zero-order valence-corrected chi connectivity index (χ0v) is 5.63. The molecule has 2 rings (SSSR count). The average molecular weight is 128 g/mol. The SMILES string of the molecule is CC1(CO)C[C@@H]2O[C@@H]2C1. The largest absolute Gasteiger partial charge is 0.396 e. The lowest BCUT2D eigenvalue weighted by molar-refractivity contribution is 0.102. The molecule has 0 radical (unpaired) electrons. The van der Waals surface area contributed by atoms with Gasteiger partial charge in [0.25, 0.3) is 0 Å². The van der Waals surface area contributed by atoms with Gasteiger partial charge < -0.3 is 9.84 Å². The Kier molecular flexibility index (Phi) is 0.945. The molecule has 2 fully saturated rings. The fourth-order valence-electron chi connectivity index (χ4n) is 1.72. The Morgan fingerprint density at radius 3 is 2.44 bits per heavy atom. The minimum absolute atomic E-state index is 0.188. The predicted octanol–water partition coefficient (Wildman–Crippen LogP) is 0.546. The molecule has 2 aliphatic rings. The second-order valence-corrected chi connectivity index (χ2v) is 3.59. The van der Waals surface area contributed by atoms with Gasteiger partial charge in [-0.05, 0) is 18.3 Å². The summed E-state index contributed by atoms with van der Waals surface area (Å²) in [5.41, 5.74) is 0.188. The third-order valence-corrected chi connectivity index (χ3v) is 2.46. The van der Waals surface area contributed by atoms with E-state index in [9.17, 15) is 0 Å². The van der Waals surface area contributed by atoms with Crippen LogP contribution < -0.4 is 0 Å². The van der Waals surface area contributed by atoms with E-state index in [-0.39, 0.29) is 5.41 Å². The molecule has 0 spiro atoms. The smallest absolute Gasteiger partial charge is 0.0848 e. The van der Waals surface area contributed by atoms with Crippen molar-refractivity contribution in [2.24, 2.45) is 5.41 Å². The average Bonchev–Trinajstić information content (AvgIpc) is 2.42. The number of hydrogen-bond acceptors (Lipinski definition) is 2. The Morgan fingerprint density at radius 2 is 2.11 bits per heavy atom. The quantitative estimate of drug-likeness (QED) is 0.523. The van der Waals surface area contributed by atoms with Crippen molar-refractivity contribution >= 4 is 0 Å². The lowest BCUT2D eigenvalue weighted by Gasteiger charge is -2.21. The summed E-state index contributed by atoms with van der Waals surface area (Å²) in [5, 5.41) is 8.91. The predicted molar refractivity (Wildman–Crippen MR) is 33.1 cm³/mol. The molecule has 0 aromatic rings. The molecule has 1 unspecified atom stereocenters. The number of aliphatic hydroxyl groups is 1. The fourth-order valence-corrected chi connectivity index (χ4v) is 1.72. The van der Waals surface area contributed by atoms with E-state index < -0.39 is 0 Å². The molecule has 0 aromatic carbocycles. The maximum atomic E-state index is 8.91. The normalized spacial score (nSPS) is 55.3. The first-order valence-electron chi connectivity index (χ1n) is 3.50. The summed E-state index contributed by atoms with van der Waals surface area (Å²) < 4.78 is 5.24. The molecule has 2 heteroatoms. The molecule has 1 saturated carbocycles. The van der Waals surface area contributed by atoms with Gasteiger partial charge in [0.05, 0.1) is 12.2 Å². The van der Waals surface area contributed by atoms with Crippen LogP contribution in [-0.2, 0) is 4.74 Å². The van der Waals surface area contributed by atoms with Crippen molar-refractivity contribution in [3.05, 3.63) is 0 Å². The minimum Gasteiger partial charge on any atom is -0.396 e. The first-order valence-corrected chi connectivity index (χ1v) is 3.50. The van der Waals surface area contributed by atoms with E-state index in [2.05, 4.69) is 6.92 Å². The molecule has 1 N–H and O–H groups in total. The molecular weight excluding hydrogens is 116 g/mol. The maximum Gasteiger partial charge on any atom is 0.0848 e. The van der Waals surface area contributed by atoms with Crippen molar-refractivity contribution in [2.75, 3.05) is 6.61 Å². The van der Waals surface area contributed by atoms with E-state index in [0.717, 1.165) is 12.8 Å². The molecule has 0 aromatic heterocycles. The Balaban J connectivity index is 2.02. The van der Waals surface area contributed by atoms with E-state index in [0.29, 0.717) is 18.8 Å². The van der Waals surface area contributed by atoms with Crippen LogP contribution in [0.1, 0.15) is 19.8 Å². The third kappa shape index (κ3) is 0.775. The highest BCUT2D eigenvalue weighted by molar-refractivity contribution is 5.01. The maximum absolute atomic E-state index is 8.91. The van der Waals surface area contributed by atoms with Crippen molar-refractivity contribution in [1.29, 1.82) is 0 Å². The van der Waals surface area contributed by atoms with Crippen LogP contribution in [-0.4, -0.2) is 23.9 Å². The molecular formula is C7H12O2. The lowest BCUT2D eigenvalue weighted by atomic mass is 9.89. The van der Waals surface area contributed by atoms with Crippen LogP contribution in [0.2, 0.25) is 0 Å². The second kappa shape index (κ2) is 1.50. The summed E-state index contributed by atoms with van der Waals surface area (Å²) >= 11 is 0. The third-order valence-electron chi connectivity index (χ3n) is 2.46. The van der Waals surface area contributed by atoms with E-state index in [4.69, 9.17) is 9.84 Å². The monoisotopic (exact) mass is 128 g/mol. The summed E-state index contributed by atoms with van der Waals surface area (Å²) in [7, 11) is 0. The van der Waals surface area contributed by atoms with Crippen LogP contribution in [0.25, 0.3) is 0 Å². The zero-order chi connectivity index (χ0) is 6.48. The lowest BCUT2D eigenvalue weighted by Crippen LogP contribution is -2.19. The van der Waals surface area contributed by atoms with Gasteiger partial charge in [-0.2, -0.15) is 0 Å². The molecule has 1 aliphatic heterocycles. The molecule has 52 valence electrons. The fraction of sp³-hybridized carbons (Fsp3) is 1.00. The van der Waals surface area contributed by atoms with Crippen molar-refractivity contribution in [1.82, 2.24) is 0 Å². The Labute approximate surface area is 54.8 Å².